The lowest BCUT2D eigenvalue weighted by Crippen LogP contribution is -2.05. The summed E-state index contributed by atoms with van der Waals surface area (Å²) in [4.78, 5) is 0. The molecule has 1 N–H and O–H groups in total. The highest BCUT2D eigenvalue weighted by Gasteiger charge is 2.15. The summed E-state index contributed by atoms with van der Waals surface area (Å²) in [6.07, 6.45) is -0.983. The smallest absolute Gasteiger partial charge is 0.142 e. The number of aliphatic hydroxyl groups is 1. The molecule has 2 rings (SSSR count). The highest BCUT2D eigenvalue weighted by atomic mass is 35.5. The summed E-state index contributed by atoms with van der Waals surface area (Å²) in [5.74, 6) is -1.03. The molecule has 1 nitrogen and oxygen atoms in total. The predicted molar refractivity (Wildman–Crippen MR) is 66.5 cm³/mol. The quantitative estimate of drug-likeness (QED) is 0.895. The summed E-state index contributed by atoms with van der Waals surface area (Å²) in [6.45, 7) is 0. The fraction of sp³-hybridized carbons (Fsp3) is 0.143. The van der Waals surface area contributed by atoms with Crippen molar-refractivity contribution >= 4 is 11.6 Å². The number of hydrogen-bond donors (Lipinski definition) is 1. The first-order chi connectivity index (χ1) is 8.59. The van der Waals surface area contributed by atoms with Crippen molar-refractivity contribution in [1.82, 2.24) is 0 Å². The molecule has 1 unspecified atom stereocenters. The molecule has 0 spiro atoms. The average Bonchev–Trinajstić information content (AvgIpc) is 2.35. The summed E-state index contributed by atoms with van der Waals surface area (Å²) in [5.41, 5.74) is 0.630. The molecule has 0 saturated heterocycles. The minimum absolute atomic E-state index is 0.0344. The molecule has 0 bridgehead atoms. The van der Waals surface area contributed by atoms with E-state index < -0.39 is 17.7 Å². The van der Waals surface area contributed by atoms with Crippen LogP contribution in [0.2, 0.25) is 5.02 Å². The summed E-state index contributed by atoms with van der Waals surface area (Å²) in [5, 5.41) is 9.91. The van der Waals surface area contributed by atoms with Crippen molar-refractivity contribution in [3.63, 3.8) is 0 Å². The van der Waals surface area contributed by atoms with Crippen LogP contribution < -0.4 is 0 Å². The zero-order valence-corrected chi connectivity index (χ0v) is 10.2. The second kappa shape index (κ2) is 5.46. The Labute approximate surface area is 109 Å². The Morgan fingerprint density at radius 2 is 1.67 bits per heavy atom. The molecule has 2 aromatic rings. The molecule has 2 aromatic carbocycles. The van der Waals surface area contributed by atoms with Crippen LogP contribution in [-0.2, 0) is 6.42 Å². The molecule has 4 heteroatoms. The summed E-state index contributed by atoms with van der Waals surface area (Å²) in [6, 6.07) is 10.3. The highest BCUT2D eigenvalue weighted by Crippen LogP contribution is 2.26. The molecule has 0 amide bonds. The lowest BCUT2D eigenvalue weighted by Gasteiger charge is -2.13. The maximum atomic E-state index is 13.5. The Morgan fingerprint density at radius 3 is 2.39 bits per heavy atom. The van der Waals surface area contributed by atoms with E-state index in [2.05, 4.69) is 0 Å². The zero-order chi connectivity index (χ0) is 13.1. The largest absolute Gasteiger partial charge is 0.388 e. The first-order valence-corrected chi connectivity index (χ1v) is 5.82. The van der Waals surface area contributed by atoms with Gasteiger partial charge in [-0.05, 0) is 17.7 Å². The molecule has 0 fully saturated rings. The standard InChI is InChI=1S/C14H11ClF2O/c15-14-9(4-3-7-12(14)17)8-13(18)10-5-1-2-6-11(10)16/h1-7,13,18H,8H2. The van der Waals surface area contributed by atoms with Crippen molar-refractivity contribution in [3.05, 3.63) is 70.2 Å². The Balaban J connectivity index is 2.24. The minimum atomic E-state index is -1.05. The third-order valence-corrected chi connectivity index (χ3v) is 3.13. The SMILES string of the molecule is OC(Cc1cccc(F)c1Cl)c1ccccc1F. The third kappa shape index (κ3) is 2.68. The average molecular weight is 269 g/mol. The van der Waals surface area contributed by atoms with E-state index in [9.17, 15) is 13.9 Å². The van der Waals surface area contributed by atoms with Gasteiger partial charge in [-0.25, -0.2) is 8.78 Å². The van der Waals surface area contributed by atoms with Gasteiger partial charge in [0.2, 0.25) is 0 Å². The van der Waals surface area contributed by atoms with Gasteiger partial charge < -0.3 is 5.11 Å². The first-order valence-electron chi connectivity index (χ1n) is 5.45. The Hall–Kier alpha value is -1.45. The molecule has 0 aliphatic carbocycles. The van der Waals surface area contributed by atoms with Crippen LogP contribution in [0.1, 0.15) is 17.2 Å². The van der Waals surface area contributed by atoms with E-state index >= 15 is 0 Å². The van der Waals surface area contributed by atoms with Crippen LogP contribution in [0, 0.1) is 11.6 Å². The normalized spacial score (nSPS) is 12.4. The van der Waals surface area contributed by atoms with Gasteiger partial charge in [0.05, 0.1) is 11.1 Å². The zero-order valence-electron chi connectivity index (χ0n) is 9.41. The van der Waals surface area contributed by atoms with Crippen molar-refractivity contribution in [1.29, 1.82) is 0 Å². The van der Waals surface area contributed by atoms with E-state index in [0.717, 1.165) is 0 Å². The first kappa shape index (κ1) is 13.0. The molecule has 0 aromatic heterocycles. The van der Waals surface area contributed by atoms with Gasteiger partial charge >= 0.3 is 0 Å². The third-order valence-electron chi connectivity index (χ3n) is 2.71. The van der Waals surface area contributed by atoms with Gasteiger partial charge in [0.1, 0.15) is 11.6 Å². The molecule has 18 heavy (non-hydrogen) atoms. The molecular weight excluding hydrogens is 258 g/mol. The van der Waals surface area contributed by atoms with Crippen LogP contribution in [-0.4, -0.2) is 5.11 Å². The van der Waals surface area contributed by atoms with Crippen molar-refractivity contribution in [2.75, 3.05) is 0 Å². The summed E-state index contributed by atoms with van der Waals surface area (Å²) in [7, 11) is 0. The molecule has 0 heterocycles. The van der Waals surface area contributed by atoms with Gasteiger partial charge in [-0.2, -0.15) is 0 Å². The van der Waals surface area contributed by atoms with Crippen LogP contribution in [0.4, 0.5) is 8.78 Å². The lowest BCUT2D eigenvalue weighted by atomic mass is 10.0. The predicted octanol–water partition coefficient (Wildman–Crippen LogP) is 3.89. The van der Waals surface area contributed by atoms with Crippen molar-refractivity contribution in [3.8, 4) is 0 Å². The number of benzene rings is 2. The maximum Gasteiger partial charge on any atom is 0.142 e. The molecular formula is C14H11ClF2O. The molecule has 0 radical (unpaired) electrons. The molecule has 0 aliphatic heterocycles. The van der Waals surface area contributed by atoms with Crippen LogP contribution in [0.25, 0.3) is 0 Å². The van der Waals surface area contributed by atoms with Gasteiger partial charge in [0.25, 0.3) is 0 Å². The number of aliphatic hydroxyl groups excluding tert-OH is 1. The van der Waals surface area contributed by atoms with Crippen LogP contribution in [0.5, 0.6) is 0 Å². The maximum absolute atomic E-state index is 13.5. The van der Waals surface area contributed by atoms with E-state index in [1.54, 1.807) is 18.2 Å². The van der Waals surface area contributed by atoms with Crippen molar-refractivity contribution in [2.24, 2.45) is 0 Å². The number of rotatable bonds is 3. The van der Waals surface area contributed by atoms with E-state index in [1.807, 2.05) is 0 Å². The number of halogens is 3. The molecule has 1 atom stereocenters. The van der Waals surface area contributed by atoms with E-state index in [-0.39, 0.29) is 17.0 Å². The monoisotopic (exact) mass is 268 g/mol. The second-order valence-corrected chi connectivity index (χ2v) is 4.33. The van der Waals surface area contributed by atoms with Crippen LogP contribution in [0.3, 0.4) is 0 Å². The highest BCUT2D eigenvalue weighted by molar-refractivity contribution is 6.31. The van der Waals surface area contributed by atoms with Gasteiger partial charge in [-0.15, -0.1) is 0 Å². The topological polar surface area (TPSA) is 20.2 Å². The number of hydrogen-bond acceptors (Lipinski definition) is 1. The Morgan fingerprint density at radius 1 is 1.00 bits per heavy atom. The molecule has 94 valence electrons. The van der Waals surface area contributed by atoms with Crippen LogP contribution >= 0.6 is 11.6 Å². The van der Waals surface area contributed by atoms with E-state index in [1.165, 1.54) is 24.3 Å². The van der Waals surface area contributed by atoms with Gasteiger partial charge in [-0.3, -0.25) is 0 Å². The van der Waals surface area contributed by atoms with E-state index in [0.29, 0.717) is 5.56 Å². The van der Waals surface area contributed by atoms with Crippen LogP contribution in [0.15, 0.2) is 42.5 Å². The lowest BCUT2D eigenvalue weighted by molar-refractivity contribution is 0.173. The van der Waals surface area contributed by atoms with Gasteiger partial charge in [0.15, 0.2) is 0 Å². The minimum Gasteiger partial charge on any atom is -0.388 e. The molecule has 0 aliphatic rings. The van der Waals surface area contributed by atoms with Gasteiger partial charge in [0, 0.05) is 12.0 Å². The summed E-state index contributed by atoms with van der Waals surface area (Å²) < 4.78 is 26.7. The van der Waals surface area contributed by atoms with Crippen molar-refractivity contribution < 1.29 is 13.9 Å². The molecule has 0 saturated carbocycles. The second-order valence-electron chi connectivity index (χ2n) is 3.95. The van der Waals surface area contributed by atoms with Crippen molar-refractivity contribution in [2.45, 2.75) is 12.5 Å². The van der Waals surface area contributed by atoms with Gasteiger partial charge in [-0.1, -0.05) is 41.9 Å². The fourth-order valence-electron chi connectivity index (χ4n) is 1.77. The fourth-order valence-corrected chi connectivity index (χ4v) is 1.97. The Kier molecular flexibility index (Phi) is 3.94. The summed E-state index contributed by atoms with van der Waals surface area (Å²) >= 11 is 5.78. The van der Waals surface area contributed by atoms with E-state index in [4.69, 9.17) is 11.6 Å². The Bertz CT molecular complexity index is 557.